The van der Waals surface area contributed by atoms with Gasteiger partial charge in [-0.2, -0.15) is 0 Å². The lowest BCUT2D eigenvalue weighted by atomic mass is 10.2. The minimum Gasteiger partial charge on any atom is -0.395 e. The van der Waals surface area contributed by atoms with Crippen molar-refractivity contribution < 1.29 is 9.90 Å². The molecule has 0 heterocycles. The number of carbonyl (C=O) groups is 1. The Balaban J connectivity index is 2.10. The molecule has 0 unspecified atom stereocenters. The molecule has 4 nitrogen and oxygen atoms in total. The zero-order valence-electron chi connectivity index (χ0n) is 13.5. The summed E-state index contributed by atoms with van der Waals surface area (Å²) in [6, 6.07) is 16.9. The van der Waals surface area contributed by atoms with Crippen molar-refractivity contribution in [2.75, 3.05) is 29.9 Å². The van der Waals surface area contributed by atoms with Crippen molar-refractivity contribution in [3.63, 3.8) is 0 Å². The van der Waals surface area contributed by atoms with Crippen molar-refractivity contribution in [3.05, 3.63) is 60.2 Å². The van der Waals surface area contributed by atoms with Crippen LogP contribution in [0.5, 0.6) is 0 Å². The van der Waals surface area contributed by atoms with Gasteiger partial charge in [0, 0.05) is 30.0 Å². The van der Waals surface area contributed by atoms with Gasteiger partial charge in [-0.3, -0.25) is 4.79 Å². The molecular formula is C19H24N2O2. The molecule has 23 heavy (non-hydrogen) atoms. The fourth-order valence-electron chi connectivity index (χ4n) is 2.41. The smallest absolute Gasteiger partial charge is 0.255 e. The van der Waals surface area contributed by atoms with E-state index in [1.165, 1.54) is 0 Å². The van der Waals surface area contributed by atoms with E-state index in [9.17, 15) is 9.90 Å². The highest BCUT2D eigenvalue weighted by molar-refractivity contribution is 6.04. The molecule has 2 rings (SSSR count). The second-order valence-electron chi connectivity index (χ2n) is 5.43. The zero-order valence-corrected chi connectivity index (χ0v) is 13.5. The normalized spacial score (nSPS) is 10.3. The summed E-state index contributed by atoms with van der Waals surface area (Å²) in [5.41, 5.74) is 2.41. The molecule has 0 saturated carbocycles. The number of nitrogens with one attached hydrogen (secondary N) is 1. The molecule has 1 amide bonds. The molecule has 0 fully saturated rings. The molecule has 0 aliphatic heterocycles. The summed E-state index contributed by atoms with van der Waals surface area (Å²) in [6.07, 6.45) is 2.17. The standard InChI is InChI=1S/C19H24N2O2/c1-2-3-12-21(13-14-22)18-11-7-10-17(15-18)20-19(23)16-8-5-4-6-9-16/h4-11,15,22H,2-3,12-14H2,1H3,(H,20,23). The molecule has 0 bridgehead atoms. The van der Waals surface area contributed by atoms with Gasteiger partial charge in [-0.1, -0.05) is 37.6 Å². The molecule has 2 N–H and O–H groups in total. The van der Waals surface area contributed by atoms with Crippen molar-refractivity contribution in [3.8, 4) is 0 Å². The van der Waals surface area contributed by atoms with Gasteiger partial charge in [0.15, 0.2) is 0 Å². The maximum absolute atomic E-state index is 12.2. The number of aliphatic hydroxyl groups excluding tert-OH is 1. The molecule has 122 valence electrons. The summed E-state index contributed by atoms with van der Waals surface area (Å²) in [6.45, 7) is 3.75. The molecule has 0 saturated heterocycles. The van der Waals surface area contributed by atoms with Crippen LogP contribution in [0.1, 0.15) is 30.1 Å². The minimum absolute atomic E-state index is 0.115. The van der Waals surface area contributed by atoms with E-state index in [2.05, 4.69) is 17.1 Å². The molecular weight excluding hydrogens is 288 g/mol. The number of hydrogen-bond acceptors (Lipinski definition) is 3. The number of anilines is 2. The highest BCUT2D eigenvalue weighted by Gasteiger charge is 2.09. The quantitative estimate of drug-likeness (QED) is 0.784. The van der Waals surface area contributed by atoms with Gasteiger partial charge in [-0.25, -0.2) is 0 Å². The Morgan fingerprint density at radius 2 is 1.87 bits per heavy atom. The lowest BCUT2D eigenvalue weighted by Crippen LogP contribution is -2.27. The van der Waals surface area contributed by atoms with Crippen molar-refractivity contribution in [2.45, 2.75) is 19.8 Å². The van der Waals surface area contributed by atoms with Crippen LogP contribution in [0.3, 0.4) is 0 Å². The van der Waals surface area contributed by atoms with Crippen LogP contribution in [0.2, 0.25) is 0 Å². The summed E-state index contributed by atoms with van der Waals surface area (Å²) in [4.78, 5) is 14.4. The Morgan fingerprint density at radius 1 is 1.09 bits per heavy atom. The molecule has 0 spiro atoms. The highest BCUT2D eigenvalue weighted by Crippen LogP contribution is 2.20. The van der Waals surface area contributed by atoms with Crippen molar-refractivity contribution >= 4 is 17.3 Å². The maximum Gasteiger partial charge on any atom is 0.255 e. The summed E-state index contributed by atoms with van der Waals surface area (Å²) in [5.74, 6) is -0.120. The molecule has 2 aromatic carbocycles. The fraction of sp³-hybridized carbons (Fsp3) is 0.316. The van der Waals surface area contributed by atoms with E-state index in [4.69, 9.17) is 0 Å². The Morgan fingerprint density at radius 3 is 2.57 bits per heavy atom. The van der Waals surface area contributed by atoms with Crippen molar-refractivity contribution in [2.24, 2.45) is 0 Å². The van der Waals surface area contributed by atoms with Crippen LogP contribution < -0.4 is 10.2 Å². The molecule has 0 atom stereocenters. The number of hydrogen-bond donors (Lipinski definition) is 2. The third-order valence-electron chi connectivity index (χ3n) is 3.66. The van der Waals surface area contributed by atoms with Gasteiger partial charge in [0.2, 0.25) is 0 Å². The Hall–Kier alpha value is -2.33. The molecule has 0 aromatic heterocycles. The number of amides is 1. The first-order chi connectivity index (χ1) is 11.2. The van der Waals surface area contributed by atoms with E-state index in [0.29, 0.717) is 12.1 Å². The number of carbonyl (C=O) groups excluding carboxylic acids is 1. The SMILES string of the molecule is CCCCN(CCO)c1cccc(NC(=O)c2ccccc2)c1. The molecule has 0 aliphatic carbocycles. The van der Waals surface area contributed by atoms with Gasteiger partial charge < -0.3 is 15.3 Å². The van der Waals surface area contributed by atoms with Crippen LogP contribution in [-0.4, -0.2) is 30.7 Å². The molecule has 0 aliphatic rings. The number of nitrogens with zero attached hydrogens (tertiary/aromatic N) is 1. The minimum atomic E-state index is -0.120. The third kappa shape index (κ3) is 5.11. The summed E-state index contributed by atoms with van der Waals surface area (Å²) in [5, 5.41) is 12.2. The zero-order chi connectivity index (χ0) is 16.5. The number of unbranched alkanes of at least 4 members (excludes halogenated alkanes) is 1. The second-order valence-corrected chi connectivity index (χ2v) is 5.43. The molecule has 2 aromatic rings. The predicted octanol–water partition coefficient (Wildman–Crippen LogP) is 3.54. The van der Waals surface area contributed by atoms with Crippen LogP contribution in [0.4, 0.5) is 11.4 Å². The molecule has 4 heteroatoms. The number of aliphatic hydroxyl groups is 1. The summed E-state index contributed by atoms with van der Waals surface area (Å²) >= 11 is 0. The Bertz CT molecular complexity index is 614. The lowest BCUT2D eigenvalue weighted by molar-refractivity contribution is 0.102. The summed E-state index contributed by atoms with van der Waals surface area (Å²) in [7, 11) is 0. The van der Waals surface area contributed by atoms with E-state index in [1.807, 2.05) is 42.5 Å². The van der Waals surface area contributed by atoms with E-state index >= 15 is 0 Å². The van der Waals surface area contributed by atoms with Gasteiger partial charge in [0.1, 0.15) is 0 Å². The third-order valence-corrected chi connectivity index (χ3v) is 3.66. The van der Waals surface area contributed by atoms with Gasteiger partial charge >= 0.3 is 0 Å². The van der Waals surface area contributed by atoms with Gasteiger partial charge in [-0.15, -0.1) is 0 Å². The van der Waals surface area contributed by atoms with E-state index in [0.717, 1.165) is 30.8 Å². The predicted molar refractivity (Wildman–Crippen MR) is 95.0 cm³/mol. The monoisotopic (exact) mass is 312 g/mol. The molecule has 0 radical (unpaired) electrons. The van der Waals surface area contributed by atoms with Gasteiger partial charge in [0.05, 0.1) is 6.61 Å². The van der Waals surface area contributed by atoms with Crippen LogP contribution in [0.15, 0.2) is 54.6 Å². The topological polar surface area (TPSA) is 52.6 Å². The Labute approximate surface area is 137 Å². The van der Waals surface area contributed by atoms with Crippen LogP contribution in [0, 0.1) is 0 Å². The average molecular weight is 312 g/mol. The van der Waals surface area contributed by atoms with E-state index in [1.54, 1.807) is 12.1 Å². The fourth-order valence-corrected chi connectivity index (χ4v) is 2.41. The van der Waals surface area contributed by atoms with Crippen LogP contribution in [-0.2, 0) is 0 Å². The first-order valence-corrected chi connectivity index (χ1v) is 8.07. The number of benzene rings is 2. The largest absolute Gasteiger partial charge is 0.395 e. The van der Waals surface area contributed by atoms with Crippen LogP contribution in [0.25, 0.3) is 0 Å². The van der Waals surface area contributed by atoms with Gasteiger partial charge in [0.25, 0.3) is 5.91 Å². The second kappa shape index (κ2) is 8.96. The first kappa shape index (κ1) is 17.0. The van der Waals surface area contributed by atoms with Crippen LogP contribution >= 0.6 is 0 Å². The number of rotatable bonds is 8. The van der Waals surface area contributed by atoms with Crippen molar-refractivity contribution in [1.29, 1.82) is 0 Å². The highest BCUT2D eigenvalue weighted by atomic mass is 16.3. The first-order valence-electron chi connectivity index (χ1n) is 8.07. The van der Waals surface area contributed by atoms with Crippen molar-refractivity contribution in [1.82, 2.24) is 0 Å². The lowest BCUT2D eigenvalue weighted by Gasteiger charge is -2.24. The maximum atomic E-state index is 12.2. The van der Waals surface area contributed by atoms with E-state index in [-0.39, 0.29) is 12.5 Å². The average Bonchev–Trinajstić information content (AvgIpc) is 2.59. The van der Waals surface area contributed by atoms with Gasteiger partial charge in [-0.05, 0) is 36.8 Å². The summed E-state index contributed by atoms with van der Waals surface area (Å²) < 4.78 is 0. The van der Waals surface area contributed by atoms with E-state index < -0.39 is 0 Å². The Kier molecular flexibility index (Phi) is 6.63.